The summed E-state index contributed by atoms with van der Waals surface area (Å²) in [7, 11) is -3.03. The Balaban J connectivity index is 1.56. The topological polar surface area (TPSA) is 92.3 Å². The number of anilines is 1. The highest BCUT2D eigenvalue weighted by Gasteiger charge is 2.40. The SMILES string of the molecule is CC(Cc1ccc(NC(=O)c2c(Cl)cccc2Cl)cc1)NC(=O)C1(CCCS(C)(=O)=O)CCCC1. The van der Waals surface area contributed by atoms with Gasteiger partial charge in [-0.2, -0.15) is 0 Å². The van der Waals surface area contributed by atoms with Crippen LogP contribution in [0, 0.1) is 5.41 Å². The Morgan fingerprint density at radius 2 is 1.63 bits per heavy atom. The van der Waals surface area contributed by atoms with Gasteiger partial charge in [0.2, 0.25) is 5.91 Å². The molecule has 190 valence electrons. The van der Waals surface area contributed by atoms with Crippen LogP contribution in [-0.4, -0.2) is 38.3 Å². The van der Waals surface area contributed by atoms with E-state index in [1.54, 1.807) is 30.3 Å². The van der Waals surface area contributed by atoms with Crippen molar-refractivity contribution in [2.45, 2.75) is 57.9 Å². The molecule has 1 unspecified atom stereocenters. The first kappa shape index (κ1) is 27.5. The lowest BCUT2D eigenvalue weighted by Gasteiger charge is -2.29. The van der Waals surface area contributed by atoms with Crippen molar-refractivity contribution in [2.75, 3.05) is 17.3 Å². The molecule has 2 amide bonds. The molecule has 9 heteroatoms. The van der Waals surface area contributed by atoms with Crippen molar-refractivity contribution in [3.8, 4) is 0 Å². The number of rotatable bonds is 10. The Bertz CT molecular complexity index is 1140. The second kappa shape index (κ2) is 11.8. The van der Waals surface area contributed by atoms with Gasteiger partial charge in [0.15, 0.2) is 0 Å². The van der Waals surface area contributed by atoms with Gasteiger partial charge in [-0.25, -0.2) is 8.42 Å². The van der Waals surface area contributed by atoms with Gasteiger partial charge in [0.1, 0.15) is 9.84 Å². The molecular weight excluding hydrogens is 507 g/mol. The van der Waals surface area contributed by atoms with E-state index in [-0.39, 0.29) is 39.2 Å². The molecule has 0 aromatic heterocycles. The molecule has 0 radical (unpaired) electrons. The van der Waals surface area contributed by atoms with Crippen LogP contribution in [0.3, 0.4) is 0 Å². The smallest absolute Gasteiger partial charge is 0.258 e. The van der Waals surface area contributed by atoms with Gasteiger partial charge in [0.05, 0.1) is 15.6 Å². The van der Waals surface area contributed by atoms with Crippen molar-refractivity contribution >= 4 is 50.5 Å². The van der Waals surface area contributed by atoms with Crippen molar-refractivity contribution in [2.24, 2.45) is 5.41 Å². The molecule has 1 aliphatic carbocycles. The molecule has 35 heavy (non-hydrogen) atoms. The number of hydrogen-bond donors (Lipinski definition) is 2. The van der Waals surface area contributed by atoms with Crippen LogP contribution in [0.4, 0.5) is 5.69 Å². The first-order chi connectivity index (χ1) is 16.5. The van der Waals surface area contributed by atoms with Gasteiger partial charge < -0.3 is 10.6 Å². The number of halogens is 2. The minimum Gasteiger partial charge on any atom is -0.353 e. The van der Waals surface area contributed by atoms with Gasteiger partial charge in [-0.3, -0.25) is 9.59 Å². The molecule has 2 N–H and O–H groups in total. The van der Waals surface area contributed by atoms with Crippen LogP contribution in [-0.2, 0) is 21.1 Å². The highest BCUT2D eigenvalue weighted by molar-refractivity contribution is 7.90. The summed E-state index contributed by atoms with van der Waals surface area (Å²) in [6.07, 6.45) is 6.57. The number of amides is 2. The van der Waals surface area contributed by atoms with Crippen molar-refractivity contribution in [1.82, 2.24) is 5.32 Å². The first-order valence-electron chi connectivity index (χ1n) is 11.8. The summed E-state index contributed by atoms with van der Waals surface area (Å²) in [5, 5.41) is 6.53. The lowest BCUT2D eigenvalue weighted by Crippen LogP contribution is -2.44. The third-order valence-electron chi connectivity index (χ3n) is 6.53. The van der Waals surface area contributed by atoms with Crippen LogP contribution in [0.25, 0.3) is 0 Å². The maximum absolute atomic E-state index is 13.2. The van der Waals surface area contributed by atoms with Crippen LogP contribution in [0.2, 0.25) is 10.0 Å². The first-order valence-corrected chi connectivity index (χ1v) is 14.6. The summed E-state index contributed by atoms with van der Waals surface area (Å²) in [4.78, 5) is 25.7. The van der Waals surface area contributed by atoms with Gasteiger partial charge in [0, 0.05) is 29.2 Å². The molecule has 0 heterocycles. The van der Waals surface area contributed by atoms with E-state index in [1.807, 2.05) is 19.1 Å². The standard InChI is InChI=1S/C26H32Cl2N2O4S/c1-18(29-25(32)26(13-3-4-14-26)15-6-16-35(2,33)34)17-19-9-11-20(12-10-19)30-24(31)23-21(27)7-5-8-22(23)28/h5,7-12,18H,3-4,6,13-17H2,1-2H3,(H,29,32)(H,30,31). The van der Waals surface area contributed by atoms with E-state index >= 15 is 0 Å². The molecule has 0 spiro atoms. The number of nitrogens with one attached hydrogen (secondary N) is 2. The molecule has 1 aliphatic rings. The molecule has 1 saturated carbocycles. The third kappa shape index (κ3) is 7.69. The summed E-state index contributed by atoms with van der Waals surface area (Å²) in [6, 6.07) is 12.2. The van der Waals surface area contributed by atoms with Crippen LogP contribution in [0.5, 0.6) is 0 Å². The Morgan fingerprint density at radius 3 is 2.20 bits per heavy atom. The molecular formula is C26H32Cl2N2O4S. The normalized spacial score (nSPS) is 16.0. The lowest BCUT2D eigenvalue weighted by atomic mass is 9.80. The highest BCUT2D eigenvalue weighted by Crippen LogP contribution is 2.42. The number of benzene rings is 2. The maximum atomic E-state index is 13.2. The zero-order chi connectivity index (χ0) is 25.6. The number of sulfone groups is 1. The quantitative estimate of drug-likeness (QED) is 0.407. The maximum Gasteiger partial charge on any atom is 0.258 e. The molecule has 6 nitrogen and oxygen atoms in total. The fraction of sp³-hybridized carbons (Fsp3) is 0.462. The van der Waals surface area contributed by atoms with Crippen LogP contribution >= 0.6 is 23.2 Å². The number of carbonyl (C=O) groups excluding carboxylic acids is 2. The number of carbonyl (C=O) groups is 2. The second-order valence-corrected chi connectivity index (χ2v) is 12.6. The molecule has 0 bridgehead atoms. The number of hydrogen-bond acceptors (Lipinski definition) is 4. The Labute approximate surface area is 217 Å². The van der Waals surface area contributed by atoms with Crippen LogP contribution in [0.15, 0.2) is 42.5 Å². The molecule has 1 atom stereocenters. The largest absolute Gasteiger partial charge is 0.353 e. The highest BCUT2D eigenvalue weighted by atomic mass is 35.5. The monoisotopic (exact) mass is 538 g/mol. The predicted molar refractivity (Wildman–Crippen MR) is 142 cm³/mol. The second-order valence-electron chi connectivity index (χ2n) is 9.55. The fourth-order valence-corrected chi connectivity index (χ4v) is 5.97. The Hall–Kier alpha value is -2.09. The summed E-state index contributed by atoms with van der Waals surface area (Å²) in [5.74, 6) is -0.244. The predicted octanol–water partition coefficient (Wildman–Crippen LogP) is 5.68. The summed E-state index contributed by atoms with van der Waals surface area (Å²) < 4.78 is 23.0. The van der Waals surface area contributed by atoms with Crippen molar-refractivity contribution < 1.29 is 18.0 Å². The molecule has 2 aromatic carbocycles. The summed E-state index contributed by atoms with van der Waals surface area (Å²) in [6.45, 7) is 1.96. The molecule has 0 saturated heterocycles. The average Bonchev–Trinajstić information content (AvgIpc) is 3.24. The van der Waals surface area contributed by atoms with E-state index in [4.69, 9.17) is 23.2 Å². The molecule has 1 fully saturated rings. The van der Waals surface area contributed by atoms with Crippen molar-refractivity contribution in [3.05, 3.63) is 63.6 Å². The summed E-state index contributed by atoms with van der Waals surface area (Å²) >= 11 is 12.2. The zero-order valence-electron chi connectivity index (χ0n) is 20.1. The van der Waals surface area contributed by atoms with Gasteiger partial charge in [-0.05, 0) is 68.9 Å². The summed E-state index contributed by atoms with van der Waals surface area (Å²) in [5.41, 5.74) is 1.40. The van der Waals surface area contributed by atoms with Crippen molar-refractivity contribution in [3.63, 3.8) is 0 Å². The minimum absolute atomic E-state index is 0.0245. The van der Waals surface area contributed by atoms with Gasteiger partial charge in [-0.1, -0.05) is 54.2 Å². The third-order valence-corrected chi connectivity index (χ3v) is 8.19. The average molecular weight is 540 g/mol. The zero-order valence-corrected chi connectivity index (χ0v) is 22.4. The van der Waals surface area contributed by atoms with Gasteiger partial charge in [-0.15, -0.1) is 0 Å². The fourth-order valence-electron chi connectivity index (χ4n) is 4.73. The van der Waals surface area contributed by atoms with Gasteiger partial charge >= 0.3 is 0 Å². The van der Waals surface area contributed by atoms with E-state index in [2.05, 4.69) is 10.6 Å². The molecule has 2 aromatic rings. The van der Waals surface area contributed by atoms with E-state index in [1.165, 1.54) is 6.26 Å². The Kier molecular flexibility index (Phi) is 9.24. The van der Waals surface area contributed by atoms with E-state index in [0.717, 1.165) is 31.2 Å². The van der Waals surface area contributed by atoms with Crippen molar-refractivity contribution in [1.29, 1.82) is 0 Å². The van der Waals surface area contributed by atoms with E-state index in [0.29, 0.717) is 24.9 Å². The Morgan fingerprint density at radius 1 is 1.03 bits per heavy atom. The molecule has 0 aliphatic heterocycles. The van der Waals surface area contributed by atoms with E-state index in [9.17, 15) is 18.0 Å². The minimum atomic E-state index is -3.03. The van der Waals surface area contributed by atoms with Crippen LogP contribution < -0.4 is 10.6 Å². The van der Waals surface area contributed by atoms with E-state index < -0.39 is 15.3 Å². The molecule has 3 rings (SSSR count). The lowest BCUT2D eigenvalue weighted by molar-refractivity contribution is -0.131. The van der Waals surface area contributed by atoms with Gasteiger partial charge in [0.25, 0.3) is 5.91 Å². The van der Waals surface area contributed by atoms with Crippen LogP contribution in [0.1, 0.15) is 61.4 Å².